The summed E-state index contributed by atoms with van der Waals surface area (Å²) in [5.74, 6) is 0. The van der Waals surface area contributed by atoms with E-state index in [4.69, 9.17) is 5.11 Å². The molecule has 0 aromatic heterocycles. The van der Waals surface area contributed by atoms with Crippen LogP contribution in [0.4, 0.5) is 0 Å². The molecule has 1 aliphatic rings. The summed E-state index contributed by atoms with van der Waals surface area (Å²) in [5.41, 5.74) is 2.42. The number of hydrogen-bond acceptors (Lipinski definition) is 3. The van der Waals surface area contributed by atoms with Gasteiger partial charge in [-0.3, -0.25) is 0 Å². The number of aliphatic hydroxyl groups is 1. The first kappa shape index (κ1) is 14.5. The summed E-state index contributed by atoms with van der Waals surface area (Å²) in [6, 6.07) is 4.99. The van der Waals surface area contributed by atoms with Gasteiger partial charge in [0.2, 0.25) is 10.0 Å². The van der Waals surface area contributed by atoms with Crippen molar-refractivity contribution in [1.29, 1.82) is 0 Å². The number of aliphatic hydroxyl groups excluding tert-OH is 1. The Hall–Kier alpha value is -0.910. The molecule has 0 heterocycles. The van der Waals surface area contributed by atoms with Gasteiger partial charge in [-0.1, -0.05) is 6.07 Å². The molecule has 0 aliphatic heterocycles. The smallest absolute Gasteiger partial charge is 0.243 e. The maximum atomic E-state index is 12.4. The minimum absolute atomic E-state index is 0.180. The summed E-state index contributed by atoms with van der Waals surface area (Å²) in [4.78, 5) is 0.330. The van der Waals surface area contributed by atoms with Gasteiger partial charge >= 0.3 is 0 Å². The number of likely N-dealkylation sites (N-methyl/N-ethyl adjacent to an activating group) is 1. The predicted molar refractivity (Wildman–Crippen MR) is 74.6 cm³/mol. The SMILES string of the molecule is CC(CO)N(C)S(=O)(=O)c1ccc2c(c1)CCCC2. The second kappa shape index (κ2) is 5.61. The topological polar surface area (TPSA) is 57.6 Å². The molecule has 5 heteroatoms. The third kappa shape index (κ3) is 2.83. The van der Waals surface area contributed by atoms with Crippen molar-refractivity contribution in [3.63, 3.8) is 0 Å². The van der Waals surface area contributed by atoms with Crippen molar-refractivity contribution >= 4 is 10.0 Å². The Morgan fingerprint density at radius 3 is 2.53 bits per heavy atom. The molecule has 2 rings (SSSR count). The highest BCUT2D eigenvalue weighted by molar-refractivity contribution is 7.89. The standard InChI is InChI=1S/C14H21NO3S/c1-11(10-16)15(2)19(17,18)14-8-7-12-5-3-4-6-13(12)9-14/h7-9,11,16H,3-6,10H2,1-2H3. The van der Waals surface area contributed by atoms with Crippen LogP contribution in [0.25, 0.3) is 0 Å². The van der Waals surface area contributed by atoms with E-state index < -0.39 is 16.1 Å². The molecule has 1 aromatic carbocycles. The minimum Gasteiger partial charge on any atom is -0.395 e. The molecule has 0 amide bonds. The van der Waals surface area contributed by atoms with Gasteiger partial charge < -0.3 is 5.11 Å². The van der Waals surface area contributed by atoms with Crippen LogP contribution in [0.15, 0.2) is 23.1 Å². The van der Waals surface area contributed by atoms with Crippen LogP contribution in [0.5, 0.6) is 0 Å². The van der Waals surface area contributed by atoms with E-state index in [2.05, 4.69) is 0 Å². The molecule has 0 spiro atoms. The van der Waals surface area contributed by atoms with Gasteiger partial charge in [0.1, 0.15) is 0 Å². The number of nitrogens with zero attached hydrogens (tertiary/aromatic N) is 1. The van der Waals surface area contributed by atoms with Gasteiger partial charge in [0.05, 0.1) is 11.5 Å². The zero-order valence-electron chi connectivity index (χ0n) is 11.5. The van der Waals surface area contributed by atoms with Crippen molar-refractivity contribution in [2.24, 2.45) is 0 Å². The largest absolute Gasteiger partial charge is 0.395 e. The van der Waals surface area contributed by atoms with Gasteiger partial charge in [0, 0.05) is 13.1 Å². The molecule has 4 nitrogen and oxygen atoms in total. The van der Waals surface area contributed by atoms with Gasteiger partial charge in [-0.15, -0.1) is 0 Å². The number of sulfonamides is 1. The van der Waals surface area contributed by atoms with Crippen molar-refractivity contribution in [1.82, 2.24) is 4.31 Å². The molecule has 0 fully saturated rings. The normalized spacial score (nSPS) is 17.3. The zero-order chi connectivity index (χ0) is 14.0. The molecule has 1 atom stereocenters. The Balaban J connectivity index is 2.36. The van der Waals surface area contributed by atoms with E-state index in [0.717, 1.165) is 24.8 Å². The first-order valence-corrected chi connectivity index (χ1v) is 8.11. The van der Waals surface area contributed by atoms with Crippen LogP contribution >= 0.6 is 0 Å². The Bertz CT molecular complexity index is 554. The molecule has 0 saturated heterocycles. The first-order chi connectivity index (χ1) is 8.96. The molecule has 0 bridgehead atoms. The molecule has 1 aromatic rings. The van der Waals surface area contributed by atoms with E-state index in [9.17, 15) is 8.42 Å². The molecule has 19 heavy (non-hydrogen) atoms. The lowest BCUT2D eigenvalue weighted by Crippen LogP contribution is -2.37. The van der Waals surface area contributed by atoms with E-state index in [-0.39, 0.29) is 6.61 Å². The van der Waals surface area contributed by atoms with Crippen molar-refractivity contribution in [2.45, 2.75) is 43.5 Å². The molecular weight excluding hydrogens is 262 g/mol. The summed E-state index contributed by atoms with van der Waals surface area (Å²) >= 11 is 0. The summed E-state index contributed by atoms with van der Waals surface area (Å²) < 4.78 is 26.1. The molecule has 1 aliphatic carbocycles. The van der Waals surface area contributed by atoms with Crippen LogP contribution in [0.2, 0.25) is 0 Å². The van der Waals surface area contributed by atoms with E-state index in [1.54, 1.807) is 19.1 Å². The second-order valence-corrected chi connectivity index (χ2v) is 7.19. The Labute approximate surface area is 115 Å². The lowest BCUT2D eigenvalue weighted by Gasteiger charge is -2.24. The van der Waals surface area contributed by atoms with E-state index in [0.29, 0.717) is 4.90 Å². The van der Waals surface area contributed by atoms with Crippen molar-refractivity contribution in [2.75, 3.05) is 13.7 Å². The first-order valence-electron chi connectivity index (χ1n) is 6.67. The second-order valence-electron chi connectivity index (χ2n) is 5.19. The molecule has 0 saturated carbocycles. The van der Waals surface area contributed by atoms with Crippen molar-refractivity contribution < 1.29 is 13.5 Å². The van der Waals surface area contributed by atoms with Crippen LogP contribution in [-0.4, -0.2) is 37.5 Å². The highest BCUT2D eigenvalue weighted by Gasteiger charge is 2.25. The Morgan fingerprint density at radius 1 is 1.26 bits per heavy atom. The van der Waals surface area contributed by atoms with Crippen molar-refractivity contribution in [3.05, 3.63) is 29.3 Å². The third-order valence-electron chi connectivity index (χ3n) is 3.88. The Morgan fingerprint density at radius 2 is 1.89 bits per heavy atom. The number of benzene rings is 1. The van der Waals surface area contributed by atoms with Gasteiger partial charge in [-0.25, -0.2) is 8.42 Å². The van der Waals surface area contributed by atoms with Gasteiger partial charge in [0.15, 0.2) is 0 Å². The lowest BCUT2D eigenvalue weighted by molar-refractivity contribution is 0.214. The van der Waals surface area contributed by atoms with Gasteiger partial charge in [-0.2, -0.15) is 4.31 Å². The molecule has 1 N–H and O–H groups in total. The molecular formula is C14H21NO3S. The highest BCUT2D eigenvalue weighted by Crippen LogP contribution is 2.25. The fourth-order valence-corrected chi connectivity index (χ4v) is 3.79. The van der Waals surface area contributed by atoms with Crippen LogP contribution in [0.3, 0.4) is 0 Å². The number of fused-ring (bicyclic) bond motifs is 1. The van der Waals surface area contributed by atoms with Gasteiger partial charge in [-0.05, 0) is 55.9 Å². The average molecular weight is 283 g/mol. The summed E-state index contributed by atoms with van der Waals surface area (Å²) in [6.45, 7) is 1.51. The number of hydrogen-bond donors (Lipinski definition) is 1. The minimum atomic E-state index is -3.51. The van der Waals surface area contributed by atoms with Crippen LogP contribution in [0, 0.1) is 0 Å². The van der Waals surface area contributed by atoms with Gasteiger partial charge in [0.25, 0.3) is 0 Å². The van der Waals surface area contributed by atoms with E-state index in [1.165, 1.54) is 23.3 Å². The maximum Gasteiger partial charge on any atom is 0.243 e. The fourth-order valence-electron chi connectivity index (χ4n) is 2.39. The summed E-state index contributed by atoms with van der Waals surface area (Å²) in [6.07, 6.45) is 4.30. The highest BCUT2D eigenvalue weighted by atomic mass is 32.2. The average Bonchev–Trinajstić information content (AvgIpc) is 2.45. The number of rotatable bonds is 4. The number of aryl methyl sites for hydroxylation is 2. The van der Waals surface area contributed by atoms with E-state index >= 15 is 0 Å². The van der Waals surface area contributed by atoms with Crippen LogP contribution < -0.4 is 0 Å². The summed E-state index contributed by atoms with van der Waals surface area (Å²) in [7, 11) is -2.00. The quantitative estimate of drug-likeness (QED) is 0.912. The van der Waals surface area contributed by atoms with Crippen LogP contribution in [0.1, 0.15) is 30.9 Å². The predicted octanol–water partition coefficient (Wildman–Crippen LogP) is 1.57. The van der Waals surface area contributed by atoms with Crippen LogP contribution in [-0.2, 0) is 22.9 Å². The van der Waals surface area contributed by atoms with Crippen molar-refractivity contribution in [3.8, 4) is 0 Å². The molecule has 0 radical (unpaired) electrons. The third-order valence-corrected chi connectivity index (χ3v) is 5.85. The maximum absolute atomic E-state index is 12.4. The van der Waals surface area contributed by atoms with E-state index in [1.807, 2.05) is 6.07 Å². The zero-order valence-corrected chi connectivity index (χ0v) is 12.3. The Kier molecular flexibility index (Phi) is 4.28. The monoisotopic (exact) mass is 283 g/mol. The summed E-state index contributed by atoms with van der Waals surface area (Å²) in [5, 5.41) is 9.10. The lowest BCUT2D eigenvalue weighted by atomic mass is 9.92. The molecule has 1 unspecified atom stereocenters. The fraction of sp³-hybridized carbons (Fsp3) is 0.571. The molecule has 106 valence electrons.